The standard InChI is InChI=1S/C14H21NO2S/c1-3-11-15(12-4-2)18(16,17)13-10-14-8-6-5-7-9-14/h5-10,13H,3-4,11-12H2,1-2H3/b13-10+. The number of rotatable bonds is 7. The molecule has 0 bridgehead atoms. The van der Waals surface area contributed by atoms with Gasteiger partial charge >= 0.3 is 0 Å². The lowest BCUT2D eigenvalue weighted by Crippen LogP contribution is -2.30. The van der Waals surface area contributed by atoms with Gasteiger partial charge in [0.25, 0.3) is 0 Å². The molecule has 18 heavy (non-hydrogen) atoms. The minimum Gasteiger partial charge on any atom is -0.208 e. The second-order valence-electron chi connectivity index (χ2n) is 4.16. The minimum atomic E-state index is -3.29. The Bertz CT molecular complexity index is 460. The molecular formula is C14H21NO2S. The monoisotopic (exact) mass is 267 g/mol. The summed E-state index contributed by atoms with van der Waals surface area (Å²) in [4.78, 5) is 0. The van der Waals surface area contributed by atoms with Crippen molar-refractivity contribution >= 4 is 16.1 Å². The molecule has 0 radical (unpaired) electrons. The van der Waals surface area contributed by atoms with E-state index >= 15 is 0 Å². The highest BCUT2D eigenvalue weighted by Crippen LogP contribution is 2.09. The number of sulfonamides is 1. The van der Waals surface area contributed by atoms with Crippen LogP contribution < -0.4 is 0 Å². The van der Waals surface area contributed by atoms with Crippen LogP contribution in [0.15, 0.2) is 35.7 Å². The zero-order valence-corrected chi connectivity index (χ0v) is 11.9. The van der Waals surface area contributed by atoms with Gasteiger partial charge in [-0.3, -0.25) is 0 Å². The van der Waals surface area contributed by atoms with Gasteiger partial charge in [-0.25, -0.2) is 8.42 Å². The molecule has 0 atom stereocenters. The lowest BCUT2D eigenvalue weighted by Gasteiger charge is -2.18. The van der Waals surface area contributed by atoms with E-state index in [1.54, 1.807) is 6.08 Å². The van der Waals surface area contributed by atoms with Gasteiger partial charge in [-0.1, -0.05) is 44.2 Å². The highest BCUT2D eigenvalue weighted by molar-refractivity contribution is 7.92. The molecule has 0 unspecified atom stereocenters. The van der Waals surface area contributed by atoms with Crippen LogP contribution in [0.2, 0.25) is 0 Å². The molecule has 0 aliphatic heterocycles. The normalized spacial score (nSPS) is 12.4. The van der Waals surface area contributed by atoms with E-state index in [1.807, 2.05) is 44.2 Å². The van der Waals surface area contributed by atoms with Crippen molar-refractivity contribution < 1.29 is 8.42 Å². The summed E-state index contributed by atoms with van der Waals surface area (Å²) in [5.74, 6) is 0. The summed E-state index contributed by atoms with van der Waals surface area (Å²) in [6, 6.07) is 9.46. The molecule has 0 heterocycles. The number of hydrogen-bond acceptors (Lipinski definition) is 2. The third-order valence-electron chi connectivity index (χ3n) is 2.54. The van der Waals surface area contributed by atoms with Crippen molar-refractivity contribution in [2.45, 2.75) is 26.7 Å². The fourth-order valence-corrected chi connectivity index (χ4v) is 3.06. The van der Waals surface area contributed by atoms with Gasteiger partial charge in [0.05, 0.1) is 0 Å². The average molecular weight is 267 g/mol. The lowest BCUT2D eigenvalue weighted by molar-refractivity contribution is 0.416. The van der Waals surface area contributed by atoms with E-state index in [1.165, 1.54) is 9.71 Å². The van der Waals surface area contributed by atoms with Crippen LogP contribution in [0.25, 0.3) is 6.08 Å². The Morgan fingerprint density at radius 2 is 1.61 bits per heavy atom. The predicted molar refractivity (Wildman–Crippen MR) is 76.6 cm³/mol. The second kappa shape index (κ2) is 7.34. The fourth-order valence-electron chi connectivity index (χ4n) is 1.68. The van der Waals surface area contributed by atoms with E-state index in [2.05, 4.69) is 0 Å². The Morgan fingerprint density at radius 3 is 2.11 bits per heavy atom. The summed E-state index contributed by atoms with van der Waals surface area (Å²) >= 11 is 0. The van der Waals surface area contributed by atoms with Crippen LogP contribution in [-0.4, -0.2) is 25.8 Å². The van der Waals surface area contributed by atoms with Crippen LogP contribution in [0, 0.1) is 0 Å². The van der Waals surface area contributed by atoms with E-state index in [9.17, 15) is 8.42 Å². The Kier molecular flexibility index (Phi) is 6.09. The molecule has 0 aliphatic rings. The molecule has 1 rings (SSSR count). The van der Waals surface area contributed by atoms with Crippen molar-refractivity contribution in [1.82, 2.24) is 4.31 Å². The Morgan fingerprint density at radius 1 is 1.06 bits per heavy atom. The molecule has 0 N–H and O–H groups in total. The first-order valence-corrected chi connectivity index (χ1v) is 7.83. The summed E-state index contributed by atoms with van der Waals surface area (Å²) in [7, 11) is -3.29. The van der Waals surface area contributed by atoms with E-state index < -0.39 is 10.0 Å². The topological polar surface area (TPSA) is 37.4 Å². The van der Waals surface area contributed by atoms with E-state index in [0.29, 0.717) is 13.1 Å². The molecule has 3 nitrogen and oxygen atoms in total. The SMILES string of the molecule is CCCN(CCC)S(=O)(=O)/C=C/c1ccccc1. The molecule has 1 aromatic carbocycles. The summed E-state index contributed by atoms with van der Waals surface area (Å²) in [6.07, 6.45) is 3.31. The molecule has 0 aliphatic carbocycles. The highest BCUT2D eigenvalue weighted by atomic mass is 32.2. The van der Waals surface area contributed by atoms with E-state index in [-0.39, 0.29) is 0 Å². The van der Waals surface area contributed by atoms with Crippen molar-refractivity contribution in [2.24, 2.45) is 0 Å². The molecule has 0 saturated carbocycles. The average Bonchev–Trinajstić information content (AvgIpc) is 2.37. The molecule has 4 heteroatoms. The van der Waals surface area contributed by atoms with Gasteiger partial charge < -0.3 is 0 Å². The zero-order valence-electron chi connectivity index (χ0n) is 11.0. The van der Waals surface area contributed by atoms with Crippen molar-refractivity contribution in [2.75, 3.05) is 13.1 Å². The molecule has 100 valence electrons. The molecule has 1 aromatic rings. The third kappa shape index (κ3) is 4.63. The molecule has 0 aromatic heterocycles. The predicted octanol–water partition coefficient (Wildman–Crippen LogP) is 3.11. The van der Waals surface area contributed by atoms with Gasteiger partial charge in [0, 0.05) is 18.5 Å². The number of benzene rings is 1. The van der Waals surface area contributed by atoms with E-state index in [0.717, 1.165) is 18.4 Å². The smallest absolute Gasteiger partial charge is 0.208 e. The van der Waals surface area contributed by atoms with Crippen LogP contribution in [0.1, 0.15) is 32.3 Å². The van der Waals surface area contributed by atoms with Crippen LogP contribution in [0.4, 0.5) is 0 Å². The molecule has 0 amide bonds. The highest BCUT2D eigenvalue weighted by Gasteiger charge is 2.16. The van der Waals surface area contributed by atoms with Crippen molar-refractivity contribution in [3.8, 4) is 0 Å². The molecular weight excluding hydrogens is 246 g/mol. The quantitative estimate of drug-likeness (QED) is 0.761. The van der Waals surface area contributed by atoms with Gasteiger partial charge in [0.15, 0.2) is 0 Å². The van der Waals surface area contributed by atoms with Gasteiger partial charge in [-0.15, -0.1) is 0 Å². The van der Waals surface area contributed by atoms with Gasteiger partial charge in [0.1, 0.15) is 0 Å². The minimum absolute atomic E-state index is 0.579. The first kappa shape index (κ1) is 14.9. The largest absolute Gasteiger partial charge is 0.236 e. The molecule has 0 saturated heterocycles. The first-order valence-electron chi connectivity index (χ1n) is 6.33. The van der Waals surface area contributed by atoms with Gasteiger partial charge in [0.2, 0.25) is 10.0 Å². The third-order valence-corrected chi connectivity index (χ3v) is 4.10. The fraction of sp³-hybridized carbons (Fsp3) is 0.429. The van der Waals surface area contributed by atoms with Gasteiger partial charge in [-0.2, -0.15) is 4.31 Å². The molecule has 0 spiro atoms. The van der Waals surface area contributed by atoms with E-state index in [4.69, 9.17) is 0 Å². The van der Waals surface area contributed by atoms with Gasteiger partial charge in [-0.05, 0) is 24.5 Å². The lowest BCUT2D eigenvalue weighted by atomic mass is 10.2. The maximum Gasteiger partial charge on any atom is 0.236 e. The summed E-state index contributed by atoms with van der Waals surface area (Å²) in [6.45, 7) is 5.13. The van der Waals surface area contributed by atoms with Crippen LogP contribution in [0.3, 0.4) is 0 Å². The maximum atomic E-state index is 12.1. The summed E-state index contributed by atoms with van der Waals surface area (Å²) in [5, 5.41) is 1.30. The summed E-state index contributed by atoms with van der Waals surface area (Å²) < 4.78 is 25.8. The van der Waals surface area contributed by atoms with Crippen molar-refractivity contribution in [1.29, 1.82) is 0 Å². The number of hydrogen-bond donors (Lipinski definition) is 0. The first-order chi connectivity index (χ1) is 8.60. The van der Waals surface area contributed by atoms with Crippen LogP contribution in [0.5, 0.6) is 0 Å². The maximum absolute atomic E-state index is 12.1. The number of nitrogens with zero attached hydrogens (tertiary/aromatic N) is 1. The Hall–Kier alpha value is -1.13. The van der Waals surface area contributed by atoms with Crippen molar-refractivity contribution in [3.05, 3.63) is 41.3 Å². The van der Waals surface area contributed by atoms with Crippen molar-refractivity contribution in [3.63, 3.8) is 0 Å². The molecule has 0 fully saturated rings. The Balaban J connectivity index is 2.82. The van der Waals surface area contributed by atoms with Crippen LogP contribution >= 0.6 is 0 Å². The van der Waals surface area contributed by atoms with Crippen LogP contribution in [-0.2, 0) is 10.0 Å². The zero-order chi connectivity index (χ0) is 13.4. The Labute approximate surface area is 110 Å². The summed E-state index contributed by atoms with van der Waals surface area (Å²) in [5.41, 5.74) is 0.897. The second-order valence-corrected chi connectivity index (χ2v) is 5.98.